The van der Waals surface area contributed by atoms with Gasteiger partial charge in [-0.2, -0.15) is 0 Å². The van der Waals surface area contributed by atoms with Crippen LogP contribution in [0.3, 0.4) is 0 Å². The van der Waals surface area contributed by atoms with E-state index in [4.69, 9.17) is 0 Å². The summed E-state index contributed by atoms with van der Waals surface area (Å²) in [6.45, 7) is 3.62. The summed E-state index contributed by atoms with van der Waals surface area (Å²) in [6.07, 6.45) is 1.19. The first-order valence-electron chi connectivity index (χ1n) is 8.05. The van der Waals surface area contributed by atoms with Crippen molar-refractivity contribution in [2.45, 2.75) is 38.0 Å². The van der Waals surface area contributed by atoms with Crippen LogP contribution in [0.25, 0.3) is 0 Å². The molecule has 0 amide bonds. The van der Waals surface area contributed by atoms with Crippen molar-refractivity contribution >= 4 is 10.0 Å². The van der Waals surface area contributed by atoms with Gasteiger partial charge in [0.1, 0.15) is 0 Å². The second kappa shape index (κ2) is 7.92. The van der Waals surface area contributed by atoms with Crippen molar-refractivity contribution in [2.24, 2.45) is 0 Å². The Morgan fingerprint density at radius 2 is 1.62 bits per heavy atom. The standard InChI is InChI=1S/C19H25NO3S/c1-16-8-10-18(11-9-16)14-24(22,23)20-15-19(2,21)13-12-17-6-4-3-5-7-17/h3-11,20-21H,12-15H2,1-2H3/t19-/m1/s1. The van der Waals surface area contributed by atoms with Gasteiger partial charge in [0.2, 0.25) is 10.0 Å². The lowest BCUT2D eigenvalue weighted by atomic mass is 9.97. The van der Waals surface area contributed by atoms with Crippen molar-refractivity contribution in [3.63, 3.8) is 0 Å². The zero-order valence-electron chi connectivity index (χ0n) is 14.2. The van der Waals surface area contributed by atoms with Crippen LogP contribution in [0, 0.1) is 6.92 Å². The summed E-state index contributed by atoms with van der Waals surface area (Å²) in [5.74, 6) is -0.0813. The van der Waals surface area contributed by atoms with E-state index < -0.39 is 15.6 Å². The van der Waals surface area contributed by atoms with Crippen molar-refractivity contribution in [3.05, 3.63) is 71.3 Å². The molecule has 4 nitrogen and oxygen atoms in total. The fourth-order valence-electron chi connectivity index (χ4n) is 2.37. The van der Waals surface area contributed by atoms with Gasteiger partial charge in [-0.1, -0.05) is 60.2 Å². The first kappa shape index (κ1) is 18.6. The van der Waals surface area contributed by atoms with Gasteiger partial charge in [-0.05, 0) is 37.8 Å². The van der Waals surface area contributed by atoms with Gasteiger partial charge in [-0.3, -0.25) is 0 Å². The Morgan fingerprint density at radius 3 is 2.25 bits per heavy atom. The molecule has 2 rings (SSSR count). The molecule has 5 heteroatoms. The van der Waals surface area contributed by atoms with Crippen LogP contribution in [0.2, 0.25) is 0 Å². The maximum absolute atomic E-state index is 12.2. The fraction of sp³-hybridized carbons (Fsp3) is 0.368. The second-order valence-electron chi connectivity index (χ2n) is 6.55. The number of sulfonamides is 1. The third kappa shape index (κ3) is 6.43. The Kier molecular flexibility index (Phi) is 6.15. The van der Waals surface area contributed by atoms with E-state index in [-0.39, 0.29) is 12.3 Å². The van der Waals surface area contributed by atoms with E-state index in [9.17, 15) is 13.5 Å². The van der Waals surface area contributed by atoms with Gasteiger partial charge in [0.25, 0.3) is 0 Å². The Hall–Kier alpha value is -1.69. The van der Waals surface area contributed by atoms with Crippen LogP contribution in [0.15, 0.2) is 54.6 Å². The Labute approximate surface area is 144 Å². The van der Waals surface area contributed by atoms with Crippen LogP contribution >= 0.6 is 0 Å². The summed E-state index contributed by atoms with van der Waals surface area (Å²) in [4.78, 5) is 0. The summed E-state index contributed by atoms with van der Waals surface area (Å²) in [5, 5.41) is 10.4. The van der Waals surface area contributed by atoms with Crippen molar-refractivity contribution < 1.29 is 13.5 Å². The molecule has 0 radical (unpaired) electrons. The lowest BCUT2D eigenvalue weighted by Crippen LogP contribution is -2.41. The second-order valence-corrected chi connectivity index (χ2v) is 8.36. The highest BCUT2D eigenvalue weighted by Gasteiger charge is 2.23. The molecule has 24 heavy (non-hydrogen) atoms. The number of rotatable bonds is 8. The van der Waals surface area contributed by atoms with E-state index in [0.717, 1.165) is 16.7 Å². The Bertz CT molecular complexity index is 738. The third-order valence-corrected chi connectivity index (χ3v) is 5.24. The van der Waals surface area contributed by atoms with Gasteiger partial charge in [-0.25, -0.2) is 13.1 Å². The SMILES string of the molecule is Cc1ccc(CS(=O)(=O)NC[C@](C)(O)CCc2ccccc2)cc1. The molecular formula is C19H25NO3S. The molecule has 130 valence electrons. The van der Waals surface area contributed by atoms with Gasteiger partial charge in [0.05, 0.1) is 11.4 Å². The average Bonchev–Trinajstić information content (AvgIpc) is 2.55. The molecule has 0 unspecified atom stereocenters. The molecule has 0 heterocycles. The molecule has 0 spiro atoms. The predicted octanol–water partition coefficient (Wildman–Crippen LogP) is 2.80. The Morgan fingerprint density at radius 1 is 1.00 bits per heavy atom. The summed E-state index contributed by atoms with van der Waals surface area (Å²) in [7, 11) is -3.47. The number of nitrogens with one attached hydrogen (secondary N) is 1. The van der Waals surface area contributed by atoms with E-state index in [1.807, 2.05) is 61.5 Å². The van der Waals surface area contributed by atoms with Crippen LogP contribution in [0.1, 0.15) is 30.0 Å². The van der Waals surface area contributed by atoms with E-state index in [1.54, 1.807) is 6.92 Å². The van der Waals surface area contributed by atoms with Gasteiger partial charge in [0, 0.05) is 6.54 Å². The van der Waals surface area contributed by atoms with Gasteiger partial charge in [-0.15, -0.1) is 0 Å². The van der Waals surface area contributed by atoms with Crippen LogP contribution in [-0.4, -0.2) is 25.7 Å². The molecule has 0 fully saturated rings. The first-order chi connectivity index (χ1) is 11.3. The number of aliphatic hydroxyl groups is 1. The number of benzene rings is 2. The molecule has 2 N–H and O–H groups in total. The quantitative estimate of drug-likeness (QED) is 0.772. The van der Waals surface area contributed by atoms with Crippen molar-refractivity contribution in [2.75, 3.05) is 6.54 Å². The van der Waals surface area contributed by atoms with E-state index in [2.05, 4.69) is 4.72 Å². The smallest absolute Gasteiger partial charge is 0.215 e. The summed E-state index contributed by atoms with van der Waals surface area (Å²) in [6, 6.07) is 17.2. The maximum atomic E-state index is 12.2. The normalized spacial score (nSPS) is 14.3. The highest BCUT2D eigenvalue weighted by molar-refractivity contribution is 7.88. The monoisotopic (exact) mass is 347 g/mol. The highest BCUT2D eigenvalue weighted by atomic mass is 32.2. The highest BCUT2D eigenvalue weighted by Crippen LogP contribution is 2.14. The third-order valence-electron chi connectivity index (χ3n) is 3.95. The van der Waals surface area contributed by atoms with Gasteiger partial charge < -0.3 is 5.11 Å². The zero-order chi connectivity index (χ0) is 17.6. The topological polar surface area (TPSA) is 66.4 Å². The summed E-state index contributed by atoms with van der Waals surface area (Å²) < 4.78 is 26.9. The molecule has 0 aliphatic carbocycles. The van der Waals surface area contributed by atoms with Crippen molar-refractivity contribution in [3.8, 4) is 0 Å². The first-order valence-corrected chi connectivity index (χ1v) is 9.70. The van der Waals surface area contributed by atoms with Crippen LogP contribution < -0.4 is 4.72 Å². The van der Waals surface area contributed by atoms with Crippen LogP contribution in [0.4, 0.5) is 0 Å². The van der Waals surface area contributed by atoms with Crippen LogP contribution in [-0.2, 0) is 22.2 Å². The van der Waals surface area contributed by atoms with Crippen molar-refractivity contribution in [1.29, 1.82) is 0 Å². The zero-order valence-corrected chi connectivity index (χ0v) is 15.0. The Balaban J connectivity index is 1.86. The minimum absolute atomic E-state index is 0.00796. The molecule has 1 atom stereocenters. The van der Waals surface area contributed by atoms with E-state index in [0.29, 0.717) is 12.8 Å². The molecule has 0 saturated carbocycles. The molecule has 0 saturated heterocycles. The lowest BCUT2D eigenvalue weighted by molar-refractivity contribution is 0.0565. The number of aryl methyl sites for hydroxylation is 2. The minimum Gasteiger partial charge on any atom is -0.389 e. The fourth-order valence-corrected chi connectivity index (χ4v) is 3.63. The molecule has 0 aliphatic rings. The van der Waals surface area contributed by atoms with E-state index >= 15 is 0 Å². The summed E-state index contributed by atoms with van der Waals surface area (Å²) >= 11 is 0. The minimum atomic E-state index is -3.47. The lowest BCUT2D eigenvalue weighted by Gasteiger charge is -2.23. The van der Waals surface area contributed by atoms with Gasteiger partial charge in [0.15, 0.2) is 0 Å². The molecular weight excluding hydrogens is 322 g/mol. The number of hydrogen-bond donors (Lipinski definition) is 2. The van der Waals surface area contributed by atoms with E-state index in [1.165, 1.54) is 0 Å². The summed E-state index contributed by atoms with van der Waals surface area (Å²) in [5.41, 5.74) is 1.86. The molecule has 0 aromatic heterocycles. The molecule has 2 aromatic rings. The predicted molar refractivity (Wildman–Crippen MR) is 97.2 cm³/mol. The number of hydrogen-bond acceptors (Lipinski definition) is 3. The molecule has 0 bridgehead atoms. The molecule has 0 aliphatic heterocycles. The molecule has 2 aromatic carbocycles. The largest absolute Gasteiger partial charge is 0.389 e. The van der Waals surface area contributed by atoms with Crippen molar-refractivity contribution in [1.82, 2.24) is 4.72 Å². The van der Waals surface area contributed by atoms with Gasteiger partial charge >= 0.3 is 0 Å². The van der Waals surface area contributed by atoms with Crippen LogP contribution in [0.5, 0.6) is 0 Å². The average molecular weight is 347 g/mol. The maximum Gasteiger partial charge on any atom is 0.215 e.